The van der Waals surface area contributed by atoms with Crippen LogP contribution in [0.25, 0.3) is 22.4 Å². The van der Waals surface area contributed by atoms with Crippen molar-refractivity contribution >= 4 is 44.2 Å². The number of pyridine rings is 2. The molecule has 0 aliphatic heterocycles. The summed E-state index contributed by atoms with van der Waals surface area (Å²) in [5.74, 6) is -0.560. The number of benzene rings is 1. The molecule has 4 rings (SSSR count). The number of rotatable bonds is 6. The third-order valence-electron chi connectivity index (χ3n) is 5.48. The van der Waals surface area contributed by atoms with E-state index < -0.39 is 22.0 Å². The Kier molecular flexibility index (Phi) is 6.83. The molecule has 0 spiro atoms. The van der Waals surface area contributed by atoms with Gasteiger partial charge in [0.1, 0.15) is 16.4 Å². The van der Waals surface area contributed by atoms with Crippen molar-refractivity contribution in [2.75, 3.05) is 11.6 Å². The van der Waals surface area contributed by atoms with Crippen molar-refractivity contribution in [2.24, 2.45) is 0 Å². The number of aryl methyl sites for hydroxylation is 1. The molecule has 0 aliphatic carbocycles. The maximum absolute atomic E-state index is 13.3. The van der Waals surface area contributed by atoms with E-state index in [0.717, 1.165) is 11.8 Å². The van der Waals surface area contributed by atoms with Gasteiger partial charge in [0.15, 0.2) is 16.9 Å². The van der Waals surface area contributed by atoms with E-state index in [1.807, 2.05) is 30.7 Å². The van der Waals surface area contributed by atoms with E-state index >= 15 is 0 Å². The summed E-state index contributed by atoms with van der Waals surface area (Å²) in [5, 5.41) is 3.62. The second-order valence-electron chi connectivity index (χ2n) is 8.43. The summed E-state index contributed by atoms with van der Waals surface area (Å²) in [7, 11) is -3.82. The predicted octanol–water partition coefficient (Wildman–Crippen LogP) is 4.38. The summed E-state index contributed by atoms with van der Waals surface area (Å²) in [5.41, 5.74) is 2.74. The first-order valence-corrected chi connectivity index (χ1v) is 13.2. The molecule has 3 aromatic heterocycles. The zero-order valence-electron chi connectivity index (χ0n) is 19.9. The number of nitrogens with one attached hydrogen (secondary N) is 2. The van der Waals surface area contributed by atoms with Gasteiger partial charge < -0.3 is 9.73 Å². The Hall–Kier alpha value is -3.76. The molecule has 0 unspecified atom stereocenters. The smallest absolute Gasteiger partial charge is 0.285 e. The van der Waals surface area contributed by atoms with Gasteiger partial charge >= 0.3 is 0 Å². The molecule has 0 radical (unpaired) electrons. The van der Waals surface area contributed by atoms with Crippen LogP contribution in [0.2, 0.25) is 5.15 Å². The molecule has 186 valence electrons. The van der Waals surface area contributed by atoms with E-state index in [0.29, 0.717) is 33.6 Å². The van der Waals surface area contributed by atoms with E-state index in [1.54, 1.807) is 31.3 Å². The molecule has 3 heterocycles. The Labute approximate surface area is 212 Å². The van der Waals surface area contributed by atoms with Gasteiger partial charge in [0, 0.05) is 17.3 Å². The van der Waals surface area contributed by atoms with Crippen LogP contribution in [0.1, 0.15) is 40.1 Å². The molecule has 1 atom stereocenters. The van der Waals surface area contributed by atoms with Gasteiger partial charge in [-0.2, -0.15) is 0 Å². The predicted molar refractivity (Wildman–Crippen MR) is 139 cm³/mol. The molecule has 1 aromatic carbocycles. The fraction of sp³-hybridized carbons (Fsp3) is 0.200. The standard InChI is InChI=1S/C25H23ClN4O5S/c1-13-11-16(15(3)28-18-8-9-20(26)29-21(18)25(32)30-36(4,33)34)24-17(12-13)22(31)14(2)23(35-24)19-7-5-6-10-27-19/h5-12,15,28H,1-4H3,(H,30,32)/t15-/m1/s1. The van der Waals surface area contributed by atoms with Crippen LogP contribution >= 0.6 is 11.6 Å². The van der Waals surface area contributed by atoms with Crippen LogP contribution in [0, 0.1) is 13.8 Å². The summed E-state index contributed by atoms with van der Waals surface area (Å²) < 4.78 is 31.3. The fourth-order valence-electron chi connectivity index (χ4n) is 3.88. The van der Waals surface area contributed by atoms with Gasteiger partial charge in [0.25, 0.3) is 5.91 Å². The largest absolute Gasteiger partial charge is 0.454 e. The highest BCUT2D eigenvalue weighted by Crippen LogP contribution is 2.32. The third-order valence-corrected chi connectivity index (χ3v) is 6.25. The molecule has 9 nitrogen and oxygen atoms in total. The zero-order valence-corrected chi connectivity index (χ0v) is 21.5. The van der Waals surface area contributed by atoms with Crippen molar-refractivity contribution in [3.63, 3.8) is 0 Å². The number of hydrogen-bond acceptors (Lipinski definition) is 8. The minimum Gasteiger partial charge on any atom is -0.454 e. The quantitative estimate of drug-likeness (QED) is 0.354. The molecular formula is C25H23ClN4O5S. The van der Waals surface area contributed by atoms with Gasteiger partial charge in [-0.1, -0.05) is 23.7 Å². The number of anilines is 1. The molecular weight excluding hydrogens is 504 g/mol. The third kappa shape index (κ3) is 5.24. The second-order valence-corrected chi connectivity index (χ2v) is 10.6. The molecule has 0 saturated heterocycles. The minimum absolute atomic E-state index is 0.0225. The van der Waals surface area contributed by atoms with Crippen LogP contribution in [0.15, 0.2) is 57.9 Å². The average molecular weight is 527 g/mol. The lowest BCUT2D eigenvalue weighted by atomic mass is 9.99. The second kappa shape index (κ2) is 9.71. The molecule has 0 fully saturated rings. The monoisotopic (exact) mass is 526 g/mol. The van der Waals surface area contributed by atoms with E-state index in [9.17, 15) is 18.0 Å². The number of nitrogens with zero attached hydrogens (tertiary/aromatic N) is 2. The maximum atomic E-state index is 13.3. The zero-order chi connectivity index (χ0) is 26.2. The lowest BCUT2D eigenvalue weighted by Gasteiger charge is -2.20. The van der Waals surface area contributed by atoms with Crippen LogP contribution in [0.4, 0.5) is 5.69 Å². The first kappa shape index (κ1) is 25.3. The number of carbonyl (C=O) groups is 1. The van der Waals surface area contributed by atoms with Crippen molar-refractivity contribution in [1.29, 1.82) is 0 Å². The van der Waals surface area contributed by atoms with Gasteiger partial charge in [-0.15, -0.1) is 0 Å². The summed E-state index contributed by atoms with van der Waals surface area (Å²) in [6, 6.07) is 11.5. The number of hydrogen-bond donors (Lipinski definition) is 2. The van der Waals surface area contributed by atoms with Crippen molar-refractivity contribution in [3.8, 4) is 11.5 Å². The van der Waals surface area contributed by atoms with Crippen LogP contribution in [0.5, 0.6) is 0 Å². The van der Waals surface area contributed by atoms with Crippen molar-refractivity contribution in [3.05, 3.63) is 86.4 Å². The number of sulfonamides is 1. The molecule has 0 bridgehead atoms. The lowest BCUT2D eigenvalue weighted by Crippen LogP contribution is -2.31. The first-order chi connectivity index (χ1) is 16.9. The van der Waals surface area contributed by atoms with Crippen molar-refractivity contribution in [1.82, 2.24) is 14.7 Å². The summed E-state index contributed by atoms with van der Waals surface area (Å²) >= 11 is 5.97. The molecule has 11 heteroatoms. The van der Waals surface area contributed by atoms with Gasteiger partial charge in [0.05, 0.1) is 23.4 Å². The van der Waals surface area contributed by atoms with Crippen molar-refractivity contribution in [2.45, 2.75) is 26.8 Å². The molecule has 1 amide bonds. The normalized spacial score (nSPS) is 12.4. The molecule has 0 aliphatic rings. The molecule has 0 saturated carbocycles. The average Bonchev–Trinajstić information content (AvgIpc) is 2.81. The number of halogens is 1. The van der Waals surface area contributed by atoms with Crippen LogP contribution in [0.3, 0.4) is 0 Å². The van der Waals surface area contributed by atoms with E-state index in [2.05, 4.69) is 15.3 Å². The topological polar surface area (TPSA) is 131 Å². The summed E-state index contributed by atoms with van der Waals surface area (Å²) in [6.45, 7) is 5.39. The van der Waals surface area contributed by atoms with Crippen LogP contribution in [-0.4, -0.2) is 30.5 Å². The highest BCUT2D eigenvalue weighted by atomic mass is 35.5. The SMILES string of the molecule is Cc1cc([C@@H](C)Nc2ccc(Cl)nc2C(=O)NS(C)(=O)=O)c2oc(-c3ccccn3)c(C)c(=O)c2c1. The summed E-state index contributed by atoms with van der Waals surface area (Å²) in [6.07, 6.45) is 2.49. The van der Waals surface area contributed by atoms with E-state index in [1.165, 1.54) is 12.1 Å². The van der Waals surface area contributed by atoms with Gasteiger partial charge in [-0.3, -0.25) is 14.6 Å². The highest BCUT2D eigenvalue weighted by molar-refractivity contribution is 7.89. The first-order valence-electron chi connectivity index (χ1n) is 10.9. The number of fused-ring (bicyclic) bond motifs is 1. The number of carbonyl (C=O) groups excluding carboxylic acids is 1. The molecule has 4 aromatic rings. The minimum atomic E-state index is -3.82. The fourth-order valence-corrected chi connectivity index (χ4v) is 4.46. The Morgan fingerprint density at radius 3 is 2.56 bits per heavy atom. The Morgan fingerprint density at radius 2 is 1.89 bits per heavy atom. The van der Waals surface area contributed by atoms with Gasteiger partial charge in [0.2, 0.25) is 10.0 Å². The number of amides is 1. The Bertz CT molecular complexity index is 1650. The van der Waals surface area contributed by atoms with Crippen molar-refractivity contribution < 1.29 is 17.6 Å². The molecule has 36 heavy (non-hydrogen) atoms. The Balaban J connectivity index is 1.83. The molecule has 2 N–H and O–H groups in total. The van der Waals surface area contributed by atoms with Gasteiger partial charge in [-0.25, -0.2) is 18.1 Å². The Morgan fingerprint density at radius 1 is 1.14 bits per heavy atom. The van der Waals surface area contributed by atoms with E-state index in [4.69, 9.17) is 16.0 Å². The van der Waals surface area contributed by atoms with E-state index in [-0.39, 0.29) is 22.0 Å². The maximum Gasteiger partial charge on any atom is 0.285 e. The van der Waals surface area contributed by atoms with Gasteiger partial charge in [-0.05, 0) is 56.7 Å². The number of aromatic nitrogens is 2. The summed E-state index contributed by atoms with van der Waals surface area (Å²) in [4.78, 5) is 34.2. The van der Waals surface area contributed by atoms with Crippen LogP contribution < -0.4 is 15.5 Å². The van der Waals surface area contributed by atoms with Crippen LogP contribution in [-0.2, 0) is 10.0 Å². The highest BCUT2D eigenvalue weighted by Gasteiger charge is 2.22. The lowest BCUT2D eigenvalue weighted by molar-refractivity contribution is 0.0977.